The van der Waals surface area contributed by atoms with Crippen LogP contribution in [0.3, 0.4) is 0 Å². The van der Waals surface area contributed by atoms with E-state index in [1.807, 2.05) is 35.9 Å². The van der Waals surface area contributed by atoms with E-state index < -0.39 is 0 Å². The van der Waals surface area contributed by atoms with Crippen LogP contribution in [0.4, 0.5) is 0 Å². The normalized spacial score (nSPS) is 11.8. The number of carbonyl (C=O) groups excluding carboxylic acids is 2. The van der Waals surface area contributed by atoms with Crippen LogP contribution in [-0.4, -0.2) is 34.4 Å². The molecule has 3 rings (SSSR count). The number of fused-ring (bicyclic) bond motifs is 1. The smallest absolute Gasteiger partial charge is 0.307 e. The molecule has 28 heavy (non-hydrogen) atoms. The van der Waals surface area contributed by atoms with Crippen molar-refractivity contribution in [1.29, 1.82) is 0 Å². The summed E-state index contributed by atoms with van der Waals surface area (Å²) in [5.41, 5.74) is 3.12. The van der Waals surface area contributed by atoms with Gasteiger partial charge >= 0.3 is 5.97 Å². The Bertz CT molecular complexity index is 996. The minimum absolute atomic E-state index is 0.103. The van der Waals surface area contributed by atoms with Crippen LogP contribution >= 0.6 is 0 Å². The number of nitrogens with one attached hydrogen (secondary N) is 1. The second-order valence-corrected chi connectivity index (χ2v) is 6.59. The van der Waals surface area contributed by atoms with E-state index in [1.54, 1.807) is 31.2 Å². The van der Waals surface area contributed by atoms with Crippen molar-refractivity contribution in [2.45, 2.75) is 32.9 Å². The van der Waals surface area contributed by atoms with Crippen LogP contribution in [0.5, 0.6) is 5.75 Å². The number of aryl methyl sites for hydroxylation is 1. The first-order valence-electron chi connectivity index (χ1n) is 9.00. The number of ether oxygens (including phenoxy) is 2. The van der Waals surface area contributed by atoms with Crippen molar-refractivity contribution in [2.24, 2.45) is 0 Å². The standard InChI is InChI=1S/C21H23N3O4/c1-14-7-6-10-24-12-16(23-20(14)24)13-28-18-9-5-4-8-17(18)21(26)22-15(2)11-19(25)27-3/h4-10,12,15H,11,13H2,1-3H3,(H,22,26). The van der Waals surface area contributed by atoms with Crippen LogP contribution in [-0.2, 0) is 16.1 Å². The average molecular weight is 381 g/mol. The molecule has 1 N–H and O–H groups in total. The number of esters is 1. The Balaban J connectivity index is 1.70. The molecule has 0 spiro atoms. The first-order chi connectivity index (χ1) is 13.5. The summed E-state index contributed by atoms with van der Waals surface area (Å²) in [7, 11) is 1.32. The predicted octanol–water partition coefficient (Wildman–Crippen LogP) is 2.90. The van der Waals surface area contributed by atoms with Crippen molar-refractivity contribution in [3.63, 3.8) is 0 Å². The molecule has 0 bridgehead atoms. The summed E-state index contributed by atoms with van der Waals surface area (Å²) >= 11 is 0. The number of methoxy groups -OCH3 is 1. The lowest BCUT2D eigenvalue weighted by Gasteiger charge is -2.15. The molecular weight excluding hydrogens is 358 g/mol. The molecule has 1 aromatic carbocycles. The molecule has 7 nitrogen and oxygen atoms in total. The molecule has 0 saturated heterocycles. The Morgan fingerprint density at radius 2 is 2.00 bits per heavy atom. The molecule has 7 heteroatoms. The van der Waals surface area contributed by atoms with Gasteiger partial charge in [-0.25, -0.2) is 4.98 Å². The molecule has 146 valence electrons. The highest BCUT2D eigenvalue weighted by molar-refractivity contribution is 5.97. The lowest BCUT2D eigenvalue weighted by atomic mass is 10.1. The van der Waals surface area contributed by atoms with Crippen LogP contribution in [0.25, 0.3) is 5.65 Å². The van der Waals surface area contributed by atoms with E-state index in [0.29, 0.717) is 11.3 Å². The lowest BCUT2D eigenvalue weighted by molar-refractivity contribution is -0.141. The highest BCUT2D eigenvalue weighted by Gasteiger charge is 2.17. The predicted molar refractivity (Wildman–Crippen MR) is 104 cm³/mol. The summed E-state index contributed by atoms with van der Waals surface area (Å²) in [6.07, 6.45) is 3.94. The van der Waals surface area contributed by atoms with E-state index >= 15 is 0 Å². The molecule has 2 aromatic heterocycles. The van der Waals surface area contributed by atoms with Crippen molar-refractivity contribution >= 4 is 17.5 Å². The number of aromatic nitrogens is 2. The third-order valence-electron chi connectivity index (χ3n) is 4.31. The van der Waals surface area contributed by atoms with E-state index in [1.165, 1.54) is 7.11 Å². The van der Waals surface area contributed by atoms with Gasteiger partial charge in [0.15, 0.2) is 0 Å². The van der Waals surface area contributed by atoms with Crippen molar-refractivity contribution in [3.05, 3.63) is 65.6 Å². The Morgan fingerprint density at radius 1 is 1.21 bits per heavy atom. The Hall–Kier alpha value is -3.35. The number of pyridine rings is 1. The molecule has 0 aliphatic carbocycles. The van der Waals surface area contributed by atoms with Gasteiger partial charge in [-0.15, -0.1) is 0 Å². The molecule has 2 heterocycles. The third-order valence-corrected chi connectivity index (χ3v) is 4.31. The van der Waals surface area contributed by atoms with Gasteiger partial charge in [-0.1, -0.05) is 18.2 Å². The number of amides is 1. The Labute approximate surface area is 163 Å². The number of hydrogen-bond donors (Lipinski definition) is 1. The second kappa shape index (κ2) is 8.56. The van der Waals surface area contributed by atoms with Gasteiger partial charge in [0.25, 0.3) is 5.91 Å². The van der Waals surface area contributed by atoms with Crippen molar-refractivity contribution in [2.75, 3.05) is 7.11 Å². The number of imidazole rings is 1. The second-order valence-electron chi connectivity index (χ2n) is 6.59. The third kappa shape index (κ3) is 4.49. The molecule has 0 radical (unpaired) electrons. The number of benzene rings is 1. The monoisotopic (exact) mass is 381 g/mol. The maximum absolute atomic E-state index is 12.6. The van der Waals surface area contributed by atoms with E-state index in [2.05, 4.69) is 15.0 Å². The summed E-state index contributed by atoms with van der Waals surface area (Å²) in [5.74, 6) is -0.226. The number of para-hydroxylation sites is 1. The van der Waals surface area contributed by atoms with Crippen molar-refractivity contribution in [3.8, 4) is 5.75 Å². The van der Waals surface area contributed by atoms with Gasteiger partial charge in [0.2, 0.25) is 0 Å². The molecule has 1 unspecified atom stereocenters. The molecule has 0 fully saturated rings. The molecule has 0 aliphatic heterocycles. The first kappa shape index (κ1) is 19.4. The summed E-state index contributed by atoms with van der Waals surface area (Å²) in [6.45, 7) is 3.99. The summed E-state index contributed by atoms with van der Waals surface area (Å²) < 4.78 is 12.4. The van der Waals surface area contributed by atoms with E-state index in [4.69, 9.17) is 4.74 Å². The van der Waals surface area contributed by atoms with E-state index in [9.17, 15) is 9.59 Å². The summed E-state index contributed by atoms with van der Waals surface area (Å²) in [4.78, 5) is 28.5. The van der Waals surface area contributed by atoms with Crippen LogP contribution in [0.15, 0.2) is 48.8 Å². The van der Waals surface area contributed by atoms with Gasteiger partial charge < -0.3 is 19.2 Å². The van der Waals surface area contributed by atoms with E-state index in [0.717, 1.165) is 16.9 Å². The maximum atomic E-state index is 12.6. The number of nitrogens with zero attached hydrogens (tertiary/aromatic N) is 2. The largest absolute Gasteiger partial charge is 0.486 e. The van der Waals surface area contributed by atoms with E-state index in [-0.39, 0.29) is 30.9 Å². The van der Waals surface area contributed by atoms with Crippen molar-refractivity contribution < 1.29 is 19.1 Å². The minimum atomic E-state index is -0.375. The van der Waals surface area contributed by atoms with Gasteiger partial charge in [0.05, 0.1) is 24.8 Å². The fraction of sp³-hybridized carbons (Fsp3) is 0.286. The summed E-state index contributed by atoms with van der Waals surface area (Å²) in [5, 5.41) is 2.79. The SMILES string of the molecule is COC(=O)CC(C)NC(=O)c1ccccc1OCc1cn2cccc(C)c2n1. The number of hydrogen-bond acceptors (Lipinski definition) is 5. The highest BCUT2D eigenvalue weighted by Crippen LogP contribution is 2.20. The van der Waals surface area contributed by atoms with Crippen LogP contribution in [0.1, 0.15) is 35.0 Å². The lowest BCUT2D eigenvalue weighted by Crippen LogP contribution is -2.34. The minimum Gasteiger partial charge on any atom is -0.486 e. The number of rotatable bonds is 7. The molecule has 1 amide bonds. The molecular formula is C21H23N3O4. The molecule has 0 aliphatic rings. The zero-order valence-corrected chi connectivity index (χ0v) is 16.1. The average Bonchev–Trinajstić information content (AvgIpc) is 3.11. The zero-order chi connectivity index (χ0) is 20.1. The summed E-state index contributed by atoms with van der Waals surface area (Å²) in [6, 6.07) is 10.6. The quantitative estimate of drug-likeness (QED) is 0.637. The first-order valence-corrected chi connectivity index (χ1v) is 9.00. The Morgan fingerprint density at radius 3 is 2.75 bits per heavy atom. The Kier molecular flexibility index (Phi) is 5.93. The molecule has 0 saturated carbocycles. The maximum Gasteiger partial charge on any atom is 0.307 e. The van der Waals surface area contributed by atoms with Crippen LogP contribution in [0.2, 0.25) is 0 Å². The zero-order valence-electron chi connectivity index (χ0n) is 16.1. The van der Waals surface area contributed by atoms with Crippen molar-refractivity contribution in [1.82, 2.24) is 14.7 Å². The van der Waals surface area contributed by atoms with Crippen LogP contribution < -0.4 is 10.1 Å². The molecule has 3 aromatic rings. The highest BCUT2D eigenvalue weighted by atomic mass is 16.5. The fourth-order valence-electron chi connectivity index (χ4n) is 2.89. The van der Waals surface area contributed by atoms with Gasteiger partial charge in [-0.3, -0.25) is 9.59 Å². The van der Waals surface area contributed by atoms with Gasteiger partial charge in [-0.05, 0) is 37.6 Å². The number of carbonyl (C=O) groups is 2. The van der Waals surface area contributed by atoms with Crippen LogP contribution in [0, 0.1) is 6.92 Å². The van der Waals surface area contributed by atoms with Gasteiger partial charge in [0, 0.05) is 18.4 Å². The fourth-order valence-corrected chi connectivity index (χ4v) is 2.89. The topological polar surface area (TPSA) is 81.9 Å². The molecule has 1 atom stereocenters. The van der Waals surface area contributed by atoms with Gasteiger partial charge in [0.1, 0.15) is 18.0 Å². The van der Waals surface area contributed by atoms with Gasteiger partial charge in [-0.2, -0.15) is 0 Å².